The smallest absolute Gasteiger partial charge is 0.371 e. The van der Waals surface area contributed by atoms with Crippen LogP contribution in [-0.4, -0.2) is 26.0 Å². The van der Waals surface area contributed by atoms with E-state index in [1.54, 1.807) is 18.7 Å². The summed E-state index contributed by atoms with van der Waals surface area (Å²) in [7, 11) is 1.78. The number of rotatable bonds is 3. The van der Waals surface area contributed by atoms with Gasteiger partial charge in [0.1, 0.15) is 11.9 Å². The van der Waals surface area contributed by atoms with E-state index in [0.29, 0.717) is 11.3 Å². The number of aromatic nitrogens is 2. The van der Waals surface area contributed by atoms with Crippen LogP contribution in [0.4, 0.5) is 0 Å². The van der Waals surface area contributed by atoms with E-state index >= 15 is 0 Å². The summed E-state index contributed by atoms with van der Waals surface area (Å²) in [4.78, 5) is 10.7. The van der Waals surface area contributed by atoms with Crippen LogP contribution in [0, 0.1) is 13.8 Å². The molecular weight excluding hydrogens is 236 g/mol. The minimum absolute atomic E-state index is 0.191. The predicted molar refractivity (Wildman–Crippen MR) is 62.4 cm³/mol. The zero-order chi connectivity index (χ0) is 13.4. The van der Waals surface area contributed by atoms with Crippen molar-refractivity contribution in [3.63, 3.8) is 0 Å². The lowest BCUT2D eigenvalue weighted by Gasteiger charge is -2.08. The first-order valence-corrected chi connectivity index (χ1v) is 5.43. The molecule has 6 heteroatoms. The molecule has 0 aliphatic rings. The molecule has 1 atom stereocenters. The number of hydrogen-bond acceptors (Lipinski definition) is 4. The highest BCUT2D eigenvalue weighted by atomic mass is 16.4. The zero-order valence-corrected chi connectivity index (χ0v) is 10.3. The Morgan fingerprint density at radius 3 is 2.56 bits per heavy atom. The first-order chi connectivity index (χ1) is 8.41. The molecule has 2 aromatic rings. The van der Waals surface area contributed by atoms with Crippen LogP contribution < -0.4 is 0 Å². The van der Waals surface area contributed by atoms with Crippen molar-refractivity contribution in [2.75, 3.05) is 0 Å². The molecule has 0 aliphatic carbocycles. The van der Waals surface area contributed by atoms with Gasteiger partial charge in [0, 0.05) is 18.3 Å². The van der Waals surface area contributed by atoms with E-state index in [1.165, 1.54) is 12.1 Å². The van der Waals surface area contributed by atoms with Crippen molar-refractivity contribution in [1.29, 1.82) is 0 Å². The Morgan fingerprint density at radius 1 is 1.44 bits per heavy atom. The average Bonchev–Trinajstić information content (AvgIpc) is 2.85. The Bertz CT molecular complexity index is 597. The number of aryl methyl sites for hydroxylation is 2. The van der Waals surface area contributed by atoms with Crippen molar-refractivity contribution in [3.8, 4) is 0 Å². The van der Waals surface area contributed by atoms with Gasteiger partial charge >= 0.3 is 5.97 Å². The SMILES string of the molecule is Cc1nn(C)c(C)c1C(O)c1ccc(C(=O)O)o1. The fourth-order valence-corrected chi connectivity index (χ4v) is 1.94. The van der Waals surface area contributed by atoms with Gasteiger partial charge in [0.25, 0.3) is 0 Å². The van der Waals surface area contributed by atoms with Gasteiger partial charge in [-0.05, 0) is 26.0 Å². The van der Waals surface area contributed by atoms with Crippen LogP contribution in [0.2, 0.25) is 0 Å². The minimum Gasteiger partial charge on any atom is -0.475 e. The summed E-state index contributed by atoms with van der Waals surface area (Å²) >= 11 is 0. The van der Waals surface area contributed by atoms with Gasteiger partial charge in [-0.25, -0.2) is 4.79 Å². The number of hydrogen-bond donors (Lipinski definition) is 2. The van der Waals surface area contributed by atoms with Gasteiger partial charge in [-0.2, -0.15) is 5.10 Å². The average molecular weight is 250 g/mol. The fourth-order valence-electron chi connectivity index (χ4n) is 1.94. The maximum Gasteiger partial charge on any atom is 0.371 e. The molecule has 6 nitrogen and oxygen atoms in total. The molecule has 2 heterocycles. The summed E-state index contributed by atoms with van der Waals surface area (Å²) in [5.41, 5.74) is 2.15. The Balaban J connectivity index is 2.41. The molecule has 0 aliphatic heterocycles. The van der Waals surface area contributed by atoms with Gasteiger partial charge in [0.15, 0.2) is 0 Å². The predicted octanol–water partition coefficient (Wildman–Crippen LogP) is 1.41. The van der Waals surface area contributed by atoms with E-state index in [9.17, 15) is 9.90 Å². The van der Waals surface area contributed by atoms with Gasteiger partial charge in [-0.1, -0.05) is 0 Å². The topological polar surface area (TPSA) is 88.5 Å². The molecule has 96 valence electrons. The quantitative estimate of drug-likeness (QED) is 0.859. The number of aromatic carboxylic acids is 1. The van der Waals surface area contributed by atoms with Crippen molar-refractivity contribution in [2.24, 2.45) is 7.05 Å². The third-order valence-electron chi connectivity index (χ3n) is 2.95. The van der Waals surface area contributed by atoms with Crippen molar-refractivity contribution >= 4 is 5.97 Å². The molecular formula is C12H14N2O4. The standard InChI is InChI=1S/C12H14N2O4/c1-6-10(7(2)14(3)13-6)11(15)8-4-5-9(18-8)12(16)17/h4-5,11,15H,1-3H3,(H,16,17). The molecule has 0 saturated heterocycles. The molecule has 1 unspecified atom stereocenters. The molecule has 18 heavy (non-hydrogen) atoms. The first-order valence-electron chi connectivity index (χ1n) is 5.43. The third kappa shape index (κ3) is 1.91. The van der Waals surface area contributed by atoms with Crippen LogP contribution >= 0.6 is 0 Å². The van der Waals surface area contributed by atoms with E-state index in [-0.39, 0.29) is 11.5 Å². The van der Waals surface area contributed by atoms with Gasteiger partial charge in [0.2, 0.25) is 5.76 Å². The number of aliphatic hydroxyl groups is 1. The minimum atomic E-state index is -1.16. The maximum absolute atomic E-state index is 10.7. The van der Waals surface area contributed by atoms with Crippen LogP contribution in [-0.2, 0) is 7.05 Å². The summed E-state index contributed by atoms with van der Waals surface area (Å²) in [5.74, 6) is -1.15. The number of carbonyl (C=O) groups is 1. The molecule has 0 radical (unpaired) electrons. The summed E-state index contributed by atoms with van der Waals surface area (Å²) < 4.78 is 6.76. The highest BCUT2D eigenvalue weighted by Crippen LogP contribution is 2.28. The molecule has 0 spiro atoms. The highest BCUT2D eigenvalue weighted by molar-refractivity contribution is 5.84. The lowest BCUT2D eigenvalue weighted by Crippen LogP contribution is -2.02. The zero-order valence-electron chi connectivity index (χ0n) is 10.3. The maximum atomic E-state index is 10.7. The van der Waals surface area contributed by atoms with Gasteiger partial charge < -0.3 is 14.6 Å². The van der Waals surface area contributed by atoms with E-state index in [2.05, 4.69) is 5.10 Å². The Kier molecular flexibility index (Phi) is 2.96. The van der Waals surface area contributed by atoms with Crippen molar-refractivity contribution in [1.82, 2.24) is 9.78 Å². The highest BCUT2D eigenvalue weighted by Gasteiger charge is 2.23. The van der Waals surface area contributed by atoms with E-state index in [4.69, 9.17) is 9.52 Å². The Morgan fingerprint density at radius 2 is 2.11 bits per heavy atom. The van der Waals surface area contributed by atoms with Crippen LogP contribution in [0.3, 0.4) is 0 Å². The van der Waals surface area contributed by atoms with Crippen molar-refractivity contribution in [3.05, 3.63) is 40.6 Å². The number of carboxylic acids is 1. The second-order valence-electron chi connectivity index (χ2n) is 4.12. The van der Waals surface area contributed by atoms with Gasteiger partial charge in [0.05, 0.1) is 5.69 Å². The molecule has 2 aromatic heterocycles. The van der Waals surface area contributed by atoms with Crippen LogP contribution in [0.15, 0.2) is 16.5 Å². The number of carboxylic acid groups (broad SMARTS) is 1. The second kappa shape index (κ2) is 4.30. The number of aliphatic hydroxyl groups excluding tert-OH is 1. The number of nitrogens with zero attached hydrogens (tertiary/aromatic N) is 2. The lowest BCUT2D eigenvalue weighted by atomic mass is 10.1. The molecule has 0 bridgehead atoms. The van der Waals surface area contributed by atoms with Crippen molar-refractivity contribution < 1.29 is 19.4 Å². The van der Waals surface area contributed by atoms with Crippen molar-refractivity contribution in [2.45, 2.75) is 20.0 Å². The van der Waals surface area contributed by atoms with Crippen LogP contribution in [0.1, 0.15) is 39.4 Å². The Labute approximate surface area is 103 Å². The van der Waals surface area contributed by atoms with E-state index < -0.39 is 12.1 Å². The first kappa shape index (κ1) is 12.4. The van der Waals surface area contributed by atoms with Crippen LogP contribution in [0.5, 0.6) is 0 Å². The lowest BCUT2D eigenvalue weighted by molar-refractivity contribution is 0.0655. The van der Waals surface area contributed by atoms with Crippen LogP contribution in [0.25, 0.3) is 0 Å². The normalized spacial score (nSPS) is 12.7. The van der Waals surface area contributed by atoms with Gasteiger partial charge in [-0.3, -0.25) is 4.68 Å². The fraction of sp³-hybridized carbons (Fsp3) is 0.333. The Hall–Kier alpha value is -2.08. The molecule has 0 fully saturated rings. The van der Waals surface area contributed by atoms with E-state index in [1.807, 2.05) is 6.92 Å². The van der Waals surface area contributed by atoms with Gasteiger partial charge in [-0.15, -0.1) is 0 Å². The summed E-state index contributed by atoms with van der Waals surface area (Å²) in [5, 5.41) is 23.2. The molecule has 0 aromatic carbocycles. The second-order valence-corrected chi connectivity index (χ2v) is 4.12. The summed E-state index contributed by atoms with van der Waals surface area (Å²) in [6, 6.07) is 2.78. The molecule has 0 amide bonds. The molecule has 2 N–H and O–H groups in total. The monoisotopic (exact) mass is 250 g/mol. The number of furan rings is 1. The molecule has 2 rings (SSSR count). The largest absolute Gasteiger partial charge is 0.475 e. The summed E-state index contributed by atoms with van der Waals surface area (Å²) in [6.45, 7) is 3.62. The third-order valence-corrected chi connectivity index (χ3v) is 2.95. The molecule has 0 saturated carbocycles. The summed E-state index contributed by atoms with van der Waals surface area (Å²) in [6.07, 6.45) is -1.01. The van der Waals surface area contributed by atoms with E-state index in [0.717, 1.165) is 5.69 Å².